The van der Waals surface area contributed by atoms with Gasteiger partial charge in [-0.3, -0.25) is 9.69 Å². The highest BCUT2D eigenvalue weighted by Gasteiger charge is 2.28. The maximum atomic E-state index is 13.2. The van der Waals surface area contributed by atoms with E-state index in [9.17, 15) is 17.6 Å². The zero-order valence-electron chi connectivity index (χ0n) is 21.6. The summed E-state index contributed by atoms with van der Waals surface area (Å²) < 4.78 is 40.7. The Balaban J connectivity index is 1.11. The standard InChI is InChI=1S/C29H33FN4O3S/c1-23-2-12-28(13-3-23)38(36,37)34-20-14-31(15-21-34)22-24-4-6-25(7-5-24)29(35)33-18-16-32(17-19-33)27-10-8-26(30)9-11-27/h2-13H,14-22H2,1H3. The molecule has 2 saturated heterocycles. The molecule has 0 N–H and O–H groups in total. The van der Waals surface area contributed by atoms with Gasteiger partial charge in [0.15, 0.2) is 0 Å². The van der Waals surface area contributed by atoms with Crippen LogP contribution >= 0.6 is 0 Å². The SMILES string of the molecule is Cc1ccc(S(=O)(=O)N2CCN(Cc3ccc(C(=O)N4CCN(c5ccc(F)cc5)CC4)cc3)CC2)cc1. The molecule has 38 heavy (non-hydrogen) atoms. The minimum Gasteiger partial charge on any atom is -0.368 e. The molecule has 200 valence electrons. The molecule has 0 bridgehead atoms. The van der Waals surface area contributed by atoms with Gasteiger partial charge in [0, 0.05) is 70.2 Å². The van der Waals surface area contributed by atoms with Gasteiger partial charge in [0.1, 0.15) is 5.82 Å². The molecular formula is C29H33FN4O3S. The summed E-state index contributed by atoms with van der Waals surface area (Å²) in [7, 11) is -3.48. The van der Waals surface area contributed by atoms with Crippen molar-refractivity contribution < 1.29 is 17.6 Å². The van der Waals surface area contributed by atoms with Gasteiger partial charge in [-0.15, -0.1) is 0 Å². The summed E-state index contributed by atoms with van der Waals surface area (Å²) in [6.07, 6.45) is 0. The Hall–Kier alpha value is -3.27. The third-order valence-electron chi connectivity index (χ3n) is 7.36. The first-order valence-corrected chi connectivity index (χ1v) is 14.4. The number of aryl methyl sites for hydroxylation is 1. The third kappa shape index (κ3) is 5.90. The topological polar surface area (TPSA) is 64.2 Å². The van der Waals surface area contributed by atoms with E-state index in [1.807, 2.05) is 48.2 Å². The highest BCUT2D eigenvalue weighted by atomic mass is 32.2. The second-order valence-electron chi connectivity index (χ2n) is 9.95. The van der Waals surface area contributed by atoms with Gasteiger partial charge in [0.2, 0.25) is 10.0 Å². The molecule has 0 radical (unpaired) electrons. The van der Waals surface area contributed by atoms with Crippen molar-refractivity contribution >= 4 is 21.6 Å². The fraction of sp³-hybridized carbons (Fsp3) is 0.345. The second-order valence-corrected chi connectivity index (χ2v) is 11.9. The van der Waals surface area contributed by atoms with Crippen LogP contribution in [0, 0.1) is 12.7 Å². The molecule has 0 unspecified atom stereocenters. The van der Waals surface area contributed by atoms with E-state index in [0.717, 1.165) is 16.8 Å². The summed E-state index contributed by atoms with van der Waals surface area (Å²) in [5.41, 5.74) is 3.76. The van der Waals surface area contributed by atoms with E-state index >= 15 is 0 Å². The molecule has 2 aliphatic heterocycles. The molecule has 0 aliphatic carbocycles. The van der Waals surface area contributed by atoms with Crippen molar-refractivity contribution in [3.05, 3.63) is 95.3 Å². The van der Waals surface area contributed by atoms with Crippen molar-refractivity contribution in [3.8, 4) is 0 Å². The molecule has 9 heteroatoms. The Morgan fingerprint density at radius 3 is 1.97 bits per heavy atom. The van der Waals surface area contributed by atoms with Crippen molar-refractivity contribution in [1.82, 2.24) is 14.1 Å². The van der Waals surface area contributed by atoms with Crippen LogP contribution < -0.4 is 4.90 Å². The number of rotatable bonds is 6. The first-order chi connectivity index (χ1) is 18.3. The Labute approximate surface area is 224 Å². The summed E-state index contributed by atoms with van der Waals surface area (Å²) in [6, 6.07) is 21.2. The molecular weight excluding hydrogens is 503 g/mol. The summed E-state index contributed by atoms with van der Waals surface area (Å²) in [6.45, 7) is 7.53. The largest absolute Gasteiger partial charge is 0.368 e. The zero-order chi connectivity index (χ0) is 26.7. The van der Waals surface area contributed by atoms with E-state index in [0.29, 0.717) is 69.4 Å². The number of carbonyl (C=O) groups is 1. The minimum atomic E-state index is -3.48. The Morgan fingerprint density at radius 2 is 1.37 bits per heavy atom. The molecule has 0 atom stereocenters. The number of halogens is 1. The molecule has 0 saturated carbocycles. The number of amides is 1. The number of nitrogens with zero attached hydrogens (tertiary/aromatic N) is 4. The van der Waals surface area contributed by atoms with Crippen molar-refractivity contribution in [3.63, 3.8) is 0 Å². The van der Waals surface area contributed by atoms with Crippen LogP contribution in [0.25, 0.3) is 0 Å². The van der Waals surface area contributed by atoms with Gasteiger partial charge in [-0.25, -0.2) is 12.8 Å². The highest BCUT2D eigenvalue weighted by Crippen LogP contribution is 2.21. The molecule has 5 rings (SSSR count). The molecule has 1 amide bonds. The lowest BCUT2D eigenvalue weighted by Crippen LogP contribution is -2.48. The quantitative estimate of drug-likeness (QED) is 0.482. The van der Waals surface area contributed by atoms with E-state index in [1.54, 1.807) is 28.6 Å². The lowest BCUT2D eigenvalue weighted by atomic mass is 10.1. The molecule has 0 aromatic heterocycles. The van der Waals surface area contributed by atoms with Gasteiger partial charge in [0.05, 0.1) is 4.90 Å². The number of piperazine rings is 2. The second kappa shape index (κ2) is 11.2. The molecule has 2 heterocycles. The van der Waals surface area contributed by atoms with Crippen LogP contribution in [-0.4, -0.2) is 80.8 Å². The first-order valence-electron chi connectivity index (χ1n) is 13.0. The van der Waals surface area contributed by atoms with Gasteiger partial charge < -0.3 is 9.80 Å². The van der Waals surface area contributed by atoms with Gasteiger partial charge in [0.25, 0.3) is 5.91 Å². The smallest absolute Gasteiger partial charge is 0.253 e. The van der Waals surface area contributed by atoms with Crippen molar-refractivity contribution in [1.29, 1.82) is 0 Å². The van der Waals surface area contributed by atoms with Gasteiger partial charge in [-0.2, -0.15) is 4.31 Å². The number of hydrogen-bond acceptors (Lipinski definition) is 5. The Kier molecular flexibility index (Phi) is 7.78. The highest BCUT2D eigenvalue weighted by molar-refractivity contribution is 7.89. The number of hydrogen-bond donors (Lipinski definition) is 0. The van der Waals surface area contributed by atoms with Crippen LogP contribution in [0.4, 0.5) is 10.1 Å². The average molecular weight is 537 g/mol. The van der Waals surface area contributed by atoms with E-state index in [-0.39, 0.29) is 11.7 Å². The monoisotopic (exact) mass is 536 g/mol. The van der Waals surface area contributed by atoms with Crippen LogP contribution in [0.1, 0.15) is 21.5 Å². The maximum Gasteiger partial charge on any atom is 0.253 e. The lowest BCUT2D eigenvalue weighted by molar-refractivity contribution is 0.0746. The number of sulfonamides is 1. The van der Waals surface area contributed by atoms with E-state index < -0.39 is 10.0 Å². The lowest BCUT2D eigenvalue weighted by Gasteiger charge is -2.36. The van der Waals surface area contributed by atoms with E-state index in [1.165, 1.54) is 12.1 Å². The normalized spacial score (nSPS) is 17.5. The molecule has 2 aliphatic rings. The maximum absolute atomic E-state index is 13.2. The van der Waals surface area contributed by atoms with Crippen LogP contribution in [0.5, 0.6) is 0 Å². The number of benzene rings is 3. The van der Waals surface area contributed by atoms with Crippen molar-refractivity contribution in [2.75, 3.05) is 57.3 Å². The fourth-order valence-corrected chi connectivity index (χ4v) is 6.42. The molecule has 7 nitrogen and oxygen atoms in total. The fourth-order valence-electron chi connectivity index (χ4n) is 5.00. The molecule has 2 fully saturated rings. The third-order valence-corrected chi connectivity index (χ3v) is 9.27. The Bertz CT molecular complexity index is 1350. The van der Waals surface area contributed by atoms with Crippen LogP contribution in [0.3, 0.4) is 0 Å². The number of anilines is 1. The predicted molar refractivity (Wildman–Crippen MR) is 146 cm³/mol. The van der Waals surface area contributed by atoms with E-state index in [4.69, 9.17) is 0 Å². The van der Waals surface area contributed by atoms with Crippen molar-refractivity contribution in [2.24, 2.45) is 0 Å². The first kappa shape index (κ1) is 26.3. The van der Waals surface area contributed by atoms with Crippen molar-refractivity contribution in [2.45, 2.75) is 18.4 Å². The van der Waals surface area contributed by atoms with Gasteiger partial charge in [-0.05, 0) is 61.0 Å². The molecule has 3 aromatic carbocycles. The van der Waals surface area contributed by atoms with E-state index in [2.05, 4.69) is 9.80 Å². The summed E-state index contributed by atoms with van der Waals surface area (Å²) in [5.74, 6) is -0.232. The van der Waals surface area contributed by atoms with Crippen LogP contribution in [0.15, 0.2) is 77.7 Å². The molecule has 0 spiro atoms. The zero-order valence-corrected chi connectivity index (χ0v) is 22.4. The van der Waals surface area contributed by atoms with Gasteiger partial charge in [-0.1, -0.05) is 29.8 Å². The summed E-state index contributed by atoms with van der Waals surface area (Å²) >= 11 is 0. The number of carbonyl (C=O) groups excluding carboxylic acids is 1. The summed E-state index contributed by atoms with van der Waals surface area (Å²) in [4.78, 5) is 19.7. The molecule has 3 aromatic rings. The minimum absolute atomic E-state index is 0.0187. The van der Waals surface area contributed by atoms with Crippen LogP contribution in [0.2, 0.25) is 0 Å². The van der Waals surface area contributed by atoms with Gasteiger partial charge >= 0.3 is 0 Å². The predicted octanol–water partition coefficient (Wildman–Crippen LogP) is 3.60. The Morgan fingerprint density at radius 1 is 0.763 bits per heavy atom. The summed E-state index contributed by atoms with van der Waals surface area (Å²) in [5, 5.41) is 0. The average Bonchev–Trinajstić information content (AvgIpc) is 2.94. The van der Waals surface area contributed by atoms with Crippen LogP contribution in [-0.2, 0) is 16.6 Å².